The molecule has 5 nitrogen and oxygen atoms in total. The standard InChI is InChI=1S/C29H33BrN2O3/c1-20-11-16-25(19-21(20)2)32(18-17-22-12-14-24(30)15-13-22)27(33)26(23-9-7-6-8-10-23)31-28(34)35-29(3,4)5/h6-16,19,26H,17-18H2,1-5H3,(H,31,34). The first-order valence-corrected chi connectivity index (χ1v) is 12.5. The number of alkyl carbamates (subject to hydrolysis) is 1. The summed E-state index contributed by atoms with van der Waals surface area (Å²) in [5, 5.41) is 2.81. The summed E-state index contributed by atoms with van der Waals surface area (Å²) in [5.41, 5.74) is 4.18. The molecule has 0 bridgehead atoms. The second-order valence-corrected chi connectivity index (χ2v) is 10.5. The van der Waals surface area contributed by atoms with Crippen LogP contribution in [-0.4, -0.2) is 24.1 Å². The molecule has 0 aliphatic heterocycles. The van der Waals surface area contributed by atoms with E-state index in [4.69, 9.17) is 4.74 Å². The van der Waals surface area contributed by atoms with Gasteiger partial charge in [0.2, 0.25) is 0 Å². The van der Waals surface area contributed by atoms with Crippen LogP contribution in [-0.2, 0) is 16.0 Å². The van der Waals surface area contributed by atoms with Gasteiger partial charge in [-0.05, 0) is 87.6 Å². The van der Waals surface area contributed by atoms with Gasteiger partial charge < -0.3 is 15.0 Å². The van der Waals surface area contributed by atoms with Gasteiger partial charge in [0.1, 0.15) is 11.6 Å². The Morgan fingerprint density at radius 1 is 0.943 bits per heavy atom. The van der Waals surface area contributed by atoms with Crippen LogP contribution in [0.3, 0.4) is 0 Å². The zero-order chi connectivity index (χ0) is 25.6. The summed E-state index contributed by atoms with van der Waals surface area (Å²) in [7, 11) is 0. The third-order valence-electron chi connectivity index (χ3n) is 5.65. The molecule has 0 heterocycles. The molecule has 0 saturated heterocycles. The van der Waals surface area contributed by atoms with Crippen LogP contribution in [0.1, 0.15) is 49.1 Å². The predicted molar refractivity (Wildman–Crippen MR) is 145 cm³/mol. The van der Waals surface area contributed by atoms with Gasteiger partial charge >= 0.3 is 6.09 Å². The average molecular weight is 537 g/mol. The third kappa shape index (κ3) is 7.69. The average Bonchev–Trinajstić information content (AvgIpc) is 2.80. The van der Waals surface area contributed by atoms with Crippen LogP contribution in [0.15, 0.2) is 77.3 Å². The van der Waals surface area contributed by atoms with E-state index in [1.165, 1.54) is 0 Å². The number of amides is 2. The minimum absolute atomic E-state index is 0.220. The van der Waals surface area contributed by atoms with E-state index in [1.807, 2.05) is 86.6 Å². The van der Waals surface area contributed by atoms with Crippen LogP contribution in [0, 0.1) is 13.8 Å². The van der Waals surface area contributed by atoms with Crippen molar-refractivity contribution < 1.29 is 14.3 Å². The molecular formula is C29H33BrN2O3. The molecule has 6 heteroatoms. The van der Waals surface area contributed by atoms with E-state index in [-0.39, 0.29) is 5.91 Å². The highest BCUT2D eigenvalue weighted by Gasteiger charge is 2.30. The Bertz CT molecular complexity index is 1150. The van der Waals surface area contributed by atoms with Crippen LogP contribution >= 0.6 is 15.9 Å². The van der Waals surface area contributed by atoms with Crippen molar-refractivity contribution in [1.29, 1.82) is 0 Å². The van der Waals surface area contributed by atoms with Crippen LogP contribution < -0.4 is 10.2 Å². The van der Waals surface area contributed by atoms with E-state index in [9.17, 15) is 9.59 Å². The molecule has 0 saturated carbocycles. The number of hydrogen-bond donors (Lipinski definition) is 1. The molecule has 0 aromatic heterocycles. The van der Waals surface area contributed by atoms with E-state index in [2.05, 4.69) is 21.2 Å². The number of hydrogen-bond acceptors (Lipinski definition) is 3. The van der Waals surface area contributed by atoms with Crippen LogP contribution in [0.2, 0.25) is 0 Å². The van der Waals surface area contributed by atoms with E-state index >= 15 is 0 Å². The van der Waals surface area contributed by atoms with Gasteiger partial charge in [0.25, 0.3) is 5.91 Å². The second kappa shape index (κ2) is 11.5. The number of halogens is 1. The lowest BCUT2D eigenvalue weighted by Gasteiger charge is -2.30. The fourth-order valence-corrected chi connectivity index (χ4v) is 3.93. The molecule has 2 amide bonds. The van der Waals surface area contributed by atoms with Crippen molar-refractivity contribution in [3.8, 4) is 0 Å². The summed E-state index contributed by atoms with van der Waals surface area (Å²) in [6.07, 6.45) is 0.0348. The number of nitrogens with one attached hydrogen (secondary N) is 1. The van der Waals surface area contributed by atoms with Crippen LogP contribution in [0.4, 0.5) is 10.5 Å². The Morgan fingerprint density at radius 3 is 2.20 bits per heavy atom. The predicted octanol–water partition coefficient (Wildman–Crippen LogP) is 6.91. The zero-order valence-corrected chi connectivity index (χ0v) is 22.6. The van der Waals surface area contributed by atoms with E-state index in [1.54, 1.807) is 25.7 Å². The molecule has 184 valence electrons. The Hall–Kier alpha value is -3.12. The highest BCUT2D eigenvalue weighted by molar-refractivity contribution is 9.10. The minimum Gasteiger partial charge on any atom is -0.444 e. The van der Waals surface area contributed by atoms with Crippen molar-refractivity contribution in [2.24, 2.45) is 0 Å². The first-order valence-electron chi connectivity index (χ1n) is 11.7. The summed E-state index contributed by atoms with van der Waals surface area (Å²) < 4.78 is 6.48. The van der Waals surface area contributed by atoms with Crippen LogP contribution in [0.5, 0.6) is 0 Å². The summed E-state index contributed by atoms with van der Waals surface area (Å²) in [4.78, 5) is 28.5. The number of benzene rings is 3. The number of carbonyl (C=O) groups is 2. The van der Waals surface area contributed by atoms with Crippen molar-refractivity contribution in [3.63, 3.8) is 0 Å². The van der Waals surface area contributed by atoms with Gasteiger partial charge in [-0.1, -0.05) is 64.5 Å². The maximum atomic E-state index is 14.1. The van der Waals surface area contributed by atoms with Gasteiger partial charge in [0.15, 0.2) is 0 Å². The molecule has 3 aromatic carbocycles. The fraction of sp³-hybridized carbons (Fsp3) is 0.310. The molecule has 1 N–H and O–H groups in total. The molecule has 1 atom stereocenters. The number of rotatable bonds is 7. The Labute approximate surface area is 216 Å². The maximum Gasteiger partial charge on any atom is 0.408 e. The van der Waals surface area contributed by atoms with Crippen molar-refractivity contribution in [2.45, 2.75) is 52.7 Å². The van der Waals surface area contributed by atoms with Crippen molar-refractivity contribution >= 4 is 33.6 Å². The number of anilines is 1. The van der Waals surface area contributed by atoms with Gasteiger partial charge in [-0.15, -0.1) is 0 Å². The minimum atomic E-state index is -0.891. The molecular weight excluding hydrogens is 504 g/mol. The Balaban J connectivity index is 1.96. The number of ether oxygens (including phenoxy) is 1. The summed E-state index contributed by atoms with van der Waals surface area (Å²) in [6, 6.07) is 22.4. The van der Waals surface area contributed by atoms with Crippen molar-refractivity contribution in [3.05, 3.63) is 99.5 Å². The fourth-order valence-electron chi connectivity index (χ4n) is 3.67. The summed E-state index contributed by atoms with van der Waals surface area (Å²) in [6.45, 7) is 9.93. The number of nitrogens with zero attached hydrogens (tertiary/aromatic N) is 1. The van der Waals surface area contributed by atoms with Gasteiger partial charge in [-0.2, -0.15) is 0 Å². The van der Waals surface area contributed by atoms with Crippen molar-refractivity contribution in [2.75, 3.05) is 11.4 Å². The largest absolute Gasteiger partial charge is 0.444 e. The van der Waals surface area contributed by atoms with E-state index < -0.39 is 17.7 Å². The summed E-state index contributed by atoms with van der Waals surface area (Å²) in [5.74, 6) is -0.220. The molecule has 0 aliphatic carbocycles. The quantitative estimate of drug-likeness (QED) is 0.357. The lowest BCUT2D eigenvalue weighted by Crippen LogP contribution is -2.45. The highest BCUT2D eigenvalue weighted by atomic mass is 79.9. The Morgan fingerprint density at radius 2 is 1.60 bits per heavy atom. The molecule has 35 heavy (non-hydrogen) atoms. The van der Waals surface area contributed by atoms with Crippen LogP contribution in [0.25, 0.3) is 0 Å². The monoisotopic (exact) mass is 536 g/mol. The van der Waals surface area contributed by atoms with Gasteiger partial charge in [0, 0.05) is 16.7 Å². The maximum absolute atomic E-state index is 14.1. The van der Waals surface area contributed by atoms with Gasteiger partial charge in [-0.3, -0.25) is 4.79 Å². The summed E-state index contributed by atoms with van der Waals surface area (Å²) >= 11 is 3.47. The smallest absolute Gasteiger partial charge is 0.408 e. The number of aryl methyl sites for hydroxylation is 2. The molecule has 3 aromatic rings. The van der Waals surface area contributed by atoms with Gasteiger partial charge in [0.05, 0.1) is 0 Å². The molecule has 0 spiro atoms. The zero-order valence-electron chi connectivity index (χ0n) is 21.0. The first kappa shape index (κ1) is 26.5. The highest BCUT2D eigenvalue weighted by Crippen LogP contribution is 2.25. The van der Waals surface area contributed by atoms with E-state index in [0.717, 1.165) is 26.9 Å². The first-order chi connectivity index (χ1) is 16.5. The Kier molecular flexibility index (Phi) is 8.73. The number of carbonyl (C=O) groups excluding carboxylic acids is 2. The third-order valence-corrected chi connectivity index (χ3v) is 6.18. The molecule has 1 unspecified atom stereocenters. The topological polar surface area (TPSA) is 58.6 Å². The van der Waals surface area contributed by atoms with Crippen molar-refractivity contribution in [1.82, 2.24) is 5.32 Å². The molecule has 0 radical (unpaired) electrons. The molecule has 0 fully saturated rings. The molecule has 3 rings (SSSR count). The lowest BCUT2D eigenvalue weighted by molar-refractivity contribution is -0.120. The van der Waals surface area contributed by atoms with Gasteiger partial charge in [-0.25, -0.2) is 4.79 Å². The lowest BCUT2D eigenvalue weighted by atomic mass is 10.0. The molecule has 0 aliphatic rings. The van der Waals surface area contributed by atoms with E-state index in [0.29, 0.717) is 18.5 Å². The SMILES string of the molecule is Cc1ccc(N(CCc2ccc(Br)cc2)C(=O)C(NC(=O)OC(C)(C)C)c2ccccc2)cc1C. The second-order valence-electron chi connectivity index (χ2n) is 9.62. The normalized spacial score (nSPS) is 12.1.